The maximum absolute atomic E-state index is 12.0. The lowest BCUT2D eigenvalue weighted by atomic mass is 9.96. The van der Waals surface area contributed by atoms with Crippen LogP contribution in [0, 0.1) is 11.3 Å². The molecule has 0 saturated heterocycles. The van der Waals surface area contributed by atoms with Gasteiger partial charge < -0.3 is 10.4 Å². The van der Waals surface area contributed by atoms with Crippen molar-refractivity contribution in [2.45, 2.75) is 58.8 Å². The van der Waals surface area contributed by atoms with Crippen molar-refractivity contribution in [1.29, 1.82) is 0 Å². The van der Waals surface area contributed by atoms with Gasteiger partial charge in [0.05, 0.1) is 0 Å². The van der Waals surface area contributed by atoms with E-state index >= 15 is 0 Å². The first kappa shape index (κ1) is 14.5. The standard InChI is InChI=1S/C14H27NO2/c1-3-5-12(6-4-2)13(17)15-11-14(7-8-14)9-10-16/h12,16H,3-11H2,1-2H3,(H,15,17). The first-order chi connectivity index (χ1) is 8.17. The molecule has 0 unspecified atom stereocenters. The Morgan fingerprint density at radius 2 is 1.88 bits per heavy atom. The van der Waals surface area contributed by atoms with Crippen molar-refractivity contribution in [2.24, 2.45) is 11.3 Å². The summed E-state index contributed by atoms with van der Waals surface area (Å²) >= 11 is 0. The van der Waals surface area contributed by atoms with Gasteiger partial charge in [0.1, 0.15) is 0 Å². The zero-order chi connectivity index (χ0) is 12.7. The van der Waals surface area contributed by atoms with Crippen molar-refractivity contribution >= 4 is 5.91 Å². The molecular formula is C14H27NO2. The van der Waals surface area contributed by atoms with E-state index in [4.69, 9.17) is 5.11 Å². The molecular weight excluding hydrogens is 214 g/mol. The van der Waals surface area contributed by atoms with Crippen LogP contribution in [0.4, 0.5) is 0 Å². The lowest BCUT2D eigenvalue weighted by molar-refractivity contribution is -0.125. The second-order valence-corrected chi connectivity index (χ2v) is 5.47. The minimum absolute atomic E-state index is 0.190. The van der Waals surface area contributed by atoms with Crippen LogP contribution in [-0.2, 0) is 4.79 Å². The first-order valence-corrected chi connectivity index (χ1v) is 7.06. The van der Waals surface area contributed by atoms with Gasteiger partial charge in [-0.3, -0.25) is 4.79 Å². The van der Waals surface area contributed by atoms with E-state index < -0.39 is 0 Å². The molecule has 0 spiro atoms. The fraction of sp³-hybridized carbons (Fsp3) is 0.929. The molecule has 0 heterocycles. The molecule has 3 heteroatoms. The maximum atomic E-state index is 12.0. The number of carbonyl (C=O) groups excluding carboxylic acids is 1. The molecule has 0 aromatic carbocycles. The zero-order valence-electron chi connectivity index (χ0n) is 11.3. The molecule has 1 aliphatic carbocycles. The molecule has 1 saturated carbocycles. The normalized spacial score (nSPS) is 17.2. The Hall–Kier alpha value is -0.570. The van der Waals surface area contributed by atoms with Crippen LogP contribution in [-0.4, -0.2) is 24.2 Å². The third kappa shape index (κ3) is 4.66. The molecule has 0 aromatic heterocycles. The van der Waals surface area contributed by atoms with Gasteiger partial charge in [-0.2, -0.15) is 0 Å². The number of amides is 1. The molecule has 2 N–H and O–H groups in total. The molecule has 1 amide bonds. The van der Waals surface area contributed by atoms with Crippen molar-refractivity contribution in [3.63, 3.8) is 0 Å². The van der Waals surface area contributed by atoms with Crippen LogP contribution >= 0.6 is 0 Å². The first-order valence-electron chi connectivity index (χ1n) is 7.06. The van der Waals surface area contributed by atoms with Crippen LogP contribution in [0.25, 0.3) is 0 Å². The summed E-state index contributed by atoms with van der Waals surface area (Å²) in [7, 11) is 0. The van der Waals surface area contributed by atoms with Gasteiger partial charge in [0.15, 0.2) is 0 Å². The predicted octanol–water partition coefficient (Wildman–Crippen LogP) is 2.48. The molecule has 100 valence electrons. The molecule has 0 bridgehead atoms. The third-order valence-corrected chi connectivity index (χ3v) is 3.88. The molecule has 1 rings (SSSR count). The number of hydrogen-bond donors (Lipinski definition) is 2. The van der Waals surface area contributed by atoms with Gasteiger partial charge in [-0.25, -0.2) is 0 Å². The van der Waals surface area contributed by atoms with Gasteiger partial charge in [0, 0.05) is 19.1 Å². The van der Waals surface area contributed by atoms with Crippen LogP contribution in [0.3, 0.4) is 0 Å². The number of rotatable bonds is 9. The summed E-state index contributed by atoms with van der Waals surface area (Å²) in [5.41, 5.74) is 0.230. The lowest BCUT2D eigenvalue weighted by Gasteiger charge is -2.19. The van der Waals surface area contributed by atoms with Crippen LogP contribution in [0.1, 0.15) is 58.8 Å². The van der Waals surface area contributed by atoms with Crippen molar-refractivity contribution in [3.05, 3.63) is 0 Å². The predicted molar refractivity (Wildman–Crippen MR) is 69.7 cm³/mol. The van der Waals surface area contributed by atoms with E-state index in [9.17, 15) is 4.79 Å². The Morgan fingerprint density at radius 1 is 1.29 bits per heavy atom. The largest absolute Gasteiger partial charge is 0.396 e. The summed E-state index contributed by atoms with van der Waals surface area (Å²) < 4.78 is 0. The zero-order valence-corrected chi connectivity index (χ0v) is 11.3. The molecule has 17 heavy (non-hydrogen) atoms. The number of carbonyl (C=O) groups is 1. The topological polar surface area (TPSA) is 49.3 Å². The van der Waals surface area contributed by atoms with Crippen LogP contribution < -0.4 is 5.32 Å². The number of nitrogens with one attached hydrogen (secondary N) is 1. The van der Waals surface area contributed by atoms with Gasteiger partial charge in [-0.05, 0) is 37.5 Å². The van der Waals surface area contributed by atoms with E-state index in [2.05, 4.69) is 19.2 Å². The molecule has 0 aliphatic heterocycles. The molecule has 3 nitrogen and oxygen atoms in total. The van der Waals surface area contributed by atoms with Crippen molar-refractivity contribution in [2.75, 3.05) is 13.2 Å². The summed E-state index contributed by atoms with van der Waals surface area (Å²) in [5, 5.41) is 12.1. The van der Waals surface area contributed by atoms with E-state index in [1.54, 1.807) is 0 Å². The van der Waals surface area contributed by atoms with Gasteiger partial charge in [-0.15, -0.1) is 0 Å². The van der Waals surface area contributed by atoms with Gasteiger partial charge in [-0.1, -0.05) is 26.7 Å². The van der Waals surface area contributed by atoms with Crippen molar-refractivity contribution in [1.82, 2.24) is 5.32 Å². The quantitative estimate of drug-likeness (QED) is 0.651. The maximum Gasteiger partial charge on any atom is 0.223 e. The SMILES string of the molecule is CCCC(CCC)C(=O)NCC1(CCO)CC1. The van der Waals surface area contributed by atoms with Crippen LogP contribution in [0.5, 0.6) is 0 Å². The summed E-state index contributed by atoms with van der Waals surface area (Å²) in [6, 6.07) is 0. The Morgan fingerprint density at radius 3 is 2.29 bits per heavy atom. The number of aliphatic hydroxyl groups is 1. The average molecular weight is 241 g/mol. The van der Waals surface area contributed by atoms with E-state index in [1.165, 1.54) is 0 Å². The molecule has 1 aliphatic rings. The Kier molecular flexibility index (Phi) is 5.96. The highest BCUT2D eigenvalue weighted by atomic mass is 16.3. The average Bonchev–Trinajstić information content (AvgIpc) is 3.07. The second kappa shape index (κ2) is 7.00. The van der Waals surface area contributed by atoms with Gasteiger partial charge >= 0.3 is 0 Å². The minimum atomic E-state index is 0.190. The highest BCUT2D eigenvalue weighted by Crippen LogP contribution is 2.47. The van der Waals surface area contributed by atoms with Crippen LogP contribution in [0.2, 0.25) is 0 Å². The van der Waals surface area contributed by atoms with E-state index in [0.717, 1.165) is 51.5 Å². The minimum Gasteiger partial charge on any atom is -0.396 e. The van der Waals surface area contributed by atoms with Crippen molar-refractivity contribution < 1.29 is 9.90 Å². The molecule has 0 atom stereocenters. The summed E-state index contributed by atoms with van der Waals surface area (Å²) in [5.74, 6) is 0.410. The molecule has 0 aromatic rings. The lowest BCUT2D eigenvalue weighted by Crippen LogP contribution is -2.35. The summed E-state index contributed by atoms with van der Waals surface area (Å²) in [6.07, 6.45) is 7.26. The molecule has 1 fully saturated rings. The van der Waals surface area contributed by atoms with E-state index in [-0.39, 0.29) is 23.8 Å². The smallest absolute Gasteiger partial charge is 0.223 e. The highest BCUT2D eigenvalue weighted by molar-refractivity contribution is 5.78. The Labute approximate surface area is 105 Å². The second-order valence-electron chi connectivity index (χ2n) is 5.47. The Bertz CT molecular complexity index is 230. The summed E-state index contributed by atoms with van der Waals surface area (Å²) in [6.45, 7) is 5.26. The number of aliphatic hydroxyl groups excluding tert-OH is 1. The Balaban J connectivity index is 2.31. The monoisotopic (exact) mass is 241 g/mol. The number of hydrogen-bond acceptors (Lipinski definition) is 2. The third-order valence-electron chi connectivity index (χ3n) is 3.88. The fourth-order valence-electron chi connectivity index (χ4n) is 2.45. The fourth-order valence-corrected chi connectivity index (χ4v) is 2.45. The molecule has 0 radical (unpaired) electrons. The van der Waals surface area contributed by atoms with E-state index in [1.807, 2.05) is 0 Å². The van der Waals surface area contributed by atoms with E-state index in [0.29, 0.717) is 0 Å². The van der Waals surface area contributed by atoms with Gasteiger partial charge in [0.2, 0.25) is 5.91 Å². The summed E-state index contributed by atoms with van der Waals surface area (Å²) in [4.78, 5) is 12.0. The van der Waals surface area contributed by atoms with Crippen LogP contribution in [0.15, 0.2) is 0 Å². The van der Waals surface area contributed by atoms with Crippen molar-refractivity contribution in [3.8, 4) is 0 Å². The van der Waals surface area contributed by atoms with Gasteiger partial charge in [0.25, 0.3) is 0 Å². The highest BCUT2D eigenvalue weighted by Gasteiger charge is 2.42.